The molecule has 0 saturated heterocycles. The lowest BCUT2D eigenvalue weighted by Crippen LogP contribution is -2.42. The maximum Gasteiger partial charge on any atom is 0.269 e. The number of anilines is 1. The van der Waals surface area contributed by atoms with Crippen molar-refractivity contribution in [1.29, 1.82) is 0 Å². The SMILES string of the molecule is [B]c1cnc(SC)nc1C(=O)NC1CCC(Nc2cc(C(C)C)nc3ccc(C)cc23)CC1. The standard InChI is InChI=1S/C25H30BN5OS/c1-14(2)21-12-22(18-11-15(3)5-10-20(18)30-21)28-16-6-8-17(9-7-16)29-24(32)23-19(26)13-27-25(31-23)33-4/h5,10-14,16-17H,6-9H2,1-4H3,(H,28,30)(H,29,32). The number of amides is 1. The third-order valence-corrected chi connectivity index (χ3v) is 6.75. The van der Waals surface area contributed by atoms with Gasteiger partial charge in [0.05, 0.1) is 5.52 Å². The third-order valence-electron chi connectivity index (χ3n) is 6.19. The monoisotopic (exact) mass is 459 g/mol. The number of aromatic nitrogens is 3. The Bertz CT molecular complexity index is 1160. The molecule has 1 aliphatic carbocycles. The molecule has 1 amide bonds. The first-order chi connectivity index (χ1) is 15.8. The molecule has 1 aromatic carbocycles. The van der Waals surface area contributed by atoms with Gasteiger partial charge in [0.2, 0.25) is 0 Å². The van der Waals surface area contributed by atoms with Crippen LogP contribution >= 0.6 is 11.8 Å². The van der Waals surface area contributed by atoms with Crippen LogP contribution in [0.4, 0.5) is 5.69 Å². The van der Waals surface area contributed by atoms with Crippen LogP contribution in [0.5, 0.6) is 0 Å². The molecule has 3 aromatic rings. The number of fused-ring (bicyclic) bond motifs is 1. The van der Waals surface area contributed by atoms with Crippen molar-refractivity contribution in [2.75, 3.05) is 11.6 Å². The summed E-state index contributed by atoms with van der Waals surface area (Å²) in [5, 5.41) is 8.61. The van der Waals surface area contributed by atoms with Crippen molar-refractivity contribution in [2.45, 2.75) is 69.6 Å². The van der Waals surface area contributed by atoms with E-state index in [1.54, 1.807) is 0 Å². The Morgan fingerprint density at radius 3 is 2.55 bits per heavy atom. The molecule has 0 unspecified atom stereocenters. The van der Waals surface area contributed by atoms with E-state index in [1.807, 2.05) is 6.26 Å². The van der Waals surface area contributed by atoms with Crippen LogP contribution in [0.3, 0.4) is 0 Å². The Hall–Kier alpha value is -2.61. The predicted molar refractivity (Wildman–Crippen MR) is 137 cm³/mol. The third kappa shape index (κ3) is 5.49. The maximum atomic E-state index is 12.7. The van der Waals surface area contributed by atoms with Crippen LogP contribution in [-0.4, -0.2) is 47.0 Å². The number of nitrogens with one attached hydrogen (secondary N) is 2. The number of benzene rings is 1. The molecule has 0 aliphatic heterocycles. The normalized spacial score (nSPS) is 18.5. The fourth-order valence-corrected chi connectivity index (χ4v) is 4.63. The molecule has 2 aromatic heterocycles. The molecule has 1 fully saturated rings. The number of hydrogen-bond donors (Lipinski definition) is 2. The lowest BCUT2D eigenvalue weighted by atomic mass is 9.90. The van der Waals surface area contributed by atoms with Crippen LogP contribution in [0.2, 0.25) is 0 Å². The first-order valence-electron chi connectivity index (χ1n) is 11.5. The van der Waals surface area contributed by atoms with Gasteiger partial charge in [-0.2, -0.15) is 0 Å². The number of carbonyl (C=O) groups excluding carboxylic acids is 1. The van der Waals surface area contributed by atoms with E-state index in [2.05, 4.69) is 65.6 Å². The predicted octanol–water partition coefficient (Wildman–Crippen LogP) is 4.13. The topological polar surface area (TPSA) is 79.8 Å². The van der Waals surface area contributed by atoms with E-state index in [0.717, 1.165) is 42.6 Å². The number of hydrogen-bond acceptors (Lipinski definition) is 6. The van der Waals surface area contributed by atoms with Gasteiger partial charge in [0.25, 0.3) is 5.91 Å². The van der Waals surface area contributed by atoms with E-state index in [9.17, 15) is 4.79 Å². The smallest absolute Gasteiger partial charge is 0.269 e. The molecule has 0 bridgehead atoms. The Kier molecular flexibility index (Phi) is 7.22. The van der Waals surface area contributed by atoms with Crippen molar-refractivity contribution in [3.8, 4) is 0 Å². The molecule has 6 nitrogen and oxygen atoms in total. The van der Waals surface area contributed by atoms with Crippen LogP contribution < -0.4 is 16.1 Å². The first kappa shape index (κ1) is 23.5. The Morgan fingerprint density at radius 2 is 1.85 bits per heavy atom. The second-order valence-electron chi connectivity index (χ2n) is 9.10. The van der Waals surface area contributed by atoms with Crippen LogP contribution in [0.15, 0.2) is 35.6 Å². The maximum absolute atomic E-state index is 12.7. The van der Waals surface area contributed by atoms with Crippen molar-refractivity contribution in [2.24, 2.45) is 0 Å². The molecule has 0 spiro atoms. The molecule has 2 N–H and O–H groups in total. The summed E-state index contributed by atoms with van der Waals surface area (Å²) >= 11 is 1.39. The fourth-order valence-electron chi connectivity index (χ4n) is 4.29. The lowest BCUT2D eigenvalue weighted by Gasteiger charge is -2.31. The summed E-state index contributed by atoms with van der Waals surface area (Å²) < 4.78 is 0. The van der Waals surface area contributed by atoms with Crippen molar-refractivity contribution in [3.63, 3.8) is 0 Å². The molecule has 1 aliphatic rings. The van der Waals surface area contributed by atoms with Crippen molar-refractivity contribution >= 4 is 47.6 Å². The average molecular weight is 459 g/mol. The van der Waals surface area contributed by atoms with Crippen molar-refractivity contribution < 1.29 is 4.79 Å². The van der Waals surface area contributed by atoms with Gasteiger partial charge < -0.3 is 10.6 Å². The molecule has 0 atom stereocenters. The second kappa shape index (κ2) is 10.1. The quantitative estimate of drug-likeness (QED) is 0.328. The number of nitrogens with zero attached hydrogens (tertiary/aromatic N) is 3. The van der Waals surface area contributed by atoms with Gasteiger partial charge in [-0.05, 0) is 68.4 Å². The largest absolute Gasteiger partial charge is 0.382 e. The minimum atomic E-state index is -0.223. The molecular weight excluding hydrogens is 429 g/mol. The molecule has 170 valence electrons. The zero-order valence-electron chi connectivity index (χ0n) is 19.7. The molecular formula is C25H30BN5OS. The zero-order chi connectivity index (χ0) is 23.5. The van der Waals surface area contributed by atoms with Crippen LogP contribution in [-0.2, 0) is 0 Å². The minimum absolute atomic E-state index is 0.116. The first-order valence-corrected chi connectivity index (χ1v) is 12.7. The van der Waals surface area contributed by atoms with Gasteiger partial charge >= 0.3 is 0 Å². The van der Waals surface area contributed by atoms with Gasteiger partial charge in [0.1, 0.15) is 13.5 Å². The zero-order valence-corrected chi connectivity index (χ0v) is 20.5. The molecule has 1 saturated carbocycles. The number of aryl methyl sites for hydroxylation is 1. The molecule has 2 heterocycles. The average Bonchev–Trinajstić information content (AvgIpc) is 2.80. The van der Waals surface area contributed by atoms with E-state index in [0.29, 0.717) is 22.6 Å². The van der Waals surface area contributed by atoms with Crippen LogP contribution in [0, 0.1) is 6.92 Å². The van der Waals surface area contributed by atoms with Gasteiger partial charge in [0.15, 0.2) is 5.16 Å². The summed E-state index contributed by atoms with van der Waals surface area (Å²) in [6, 6.07) is 9.10. The van der Waals surface area contributed by atoms with E-state index < -0.39 is 0 Å². The van der Waals surface area contributed by atoms with Gasteiger partial charge in [-0.25, -0.2) is 9.97 Å². The molecule has 4 rings (SSSR count). The van der Waals surface area contributed by atoms with Crippen LogP contribution in [0.1, 0.15) is 67.2 Å². The van der Waals surface area contributed by atoms with Gasteiger partial charge in [-0.1, -0.05) is 37.2 Å². The number of rotatable bonds is 6. The van der Waals surface area contributed by atoms with Crippen LogP contribution in [0.25, 0.3) is 10.9 Å². The molecule has 8 heteroatoms. The van der Waals surface area contributed by atoms with E-state index in [4.69, 9.17) is 12.8 Å². The van der Waals surface area contributed by atoms with E-state index >= 15 is 0 Å². The summed E-state index contributed by atoms with van der Waals surface area (Å²) in [6.45, 7) is 6.46. The van der Waals surface area contributed by atoms with Gasteiger partial charge in [-0.3, -0.25) is 9.78 Å². The van der Waals surface area contributed by atoms with Crippen molar-refractivity contribution in [1.82, 2.24) is 20.3 Å². The van der Waals surface area contributed by atoms with Gasteiger partial charge in [-0.15, -0.1) is 0 Å². The number of pyridine rings is 1. The van der Waals surface area contributed by atoms with Gasteiger partial charge in [0, 0.05) is 35.0 Å². The fraction of sp³-hybridized carbons (Fsp3) is 0.440. The summed E-state index contributed by atoms with van der Waals surface area (Å²) in [6.07, 6.45) is 7.14. The second-order valence-corrected chi connectivity index (χ2v) is 9.87. The highest BCUT2D eigenvalue weighted by Gasteiger charge is 2.24. The van der Waals surface area contributed by atoms with E-state index in [1.165, 1.54) is 28.9 Å². The highest BCUT2D eigenvalue weighted by atomic mass is 32.2. The van der Waals surface area contributed by atoms with Crippen molar-refractivity contribution in [3.05, 3.63) is 47.4 Å². The Morgan fingerprint density at radius 1 is 1.12 bits per heavy atom. The lowest BCUT2D eigenvalue weighted by molar-refractivity contribution is 0.0922. The number of thioether (sulfide) groups is 1. The summed E-state index contributed by atoms with van der Waals surface area (Å²) in [4.78, 5) is 26.0. The summed E-state index contributed by atoms with van der Waals surface area (Å²) in [7, 11) is 5.94. The minimum Gasteiger partial charge on any atom is -0.382 e. The van der Waals surface area contributed by atoms with E-state index in [-0.39, 0.29) is 17.6 Å². The summed E-state index contributed by atoms with van der Waals surface area (Å²) in [5.41, 5.74) is 5.07. The highest BCUT2D eigenvalue weighted by Crippen LogP contribution is 2.30. The molecule has 33 heavy (non-hydrogen) atoms. The Balaban J connectivity index is 1.42. The Labute approximate surface area is 201 Å². The number of carbonyl (C=O) groups is 1. The summed E-state index contributed by atoms with van der Waals surface area (Å²) in [5.74, 6) is 0.141. The molecule has 2 radical (unpaired) electrons. The highest BCUT2D eigenvalue weighted by molar-refractivity contribution is 7.98.